The number of aliphatic carboxylic acids is 1. The van der Waals surface area contributed by atoms with Crippen molar-refractivity contribution in [2.75, 3.05) is 17.7 Å². The molecule has 0 aliphatic rings. The van der Waals surface area contributed by atoms with Crippen molar-refractivity contribution < 1.29 is 24.2 Å². The Bertz CT molecular complexity index is 1080. The topological polar surface area (TPSA) is 131 Å². The standard InChI is InChI=1S/C19H18N4O5S2/c1-10-16(13-9-29-18(21-13)22-14(24)7-8-15(25)26)30-19(20-10)23-17(27)11-3-5-12(28-2)6-4-11/h3-6,9H,7-8H2,1-2H3,(H,25,26)(H,20,23,27)(H,21,22,24). The number of hydrogen-bond acceptors (Lipinski definition) is 8. The number of amides is 2. The number of carboxylic acids is 1. The Morgan fingerprint density at radius 2 is 1.80 bits per heavy atom. The minimum absolute atomic E-state index is 0.120. The zero-order valence-corrected chi connectivity index (χ0v) is 17.7. The van der Waals surface area contributed by atoms with Gasteiger partial charge in [-0.15, -0.1) is 11.3 Å². The van der Waals surface area contributed by atoms with E-state index in [-0.39, 0.29) is 18.7 Å². The molecule has 0 radical (unpaired) electrons. The fourth-order valence-corrected chi connectivity index (χ4v) is 4.15. The number of hydrogen-bond donors (Lipinski definition) is 3. The maximum atomic E-state index is 12.4. The van der Waals surface area contributed by atoms with Gasteiger partial charge in [-0.05, 0) is 31.2 Å². The number of nitrogens with zero attached hydrogens (tertiary/aromatic N) is 2. The van der Waals surface area contributed by atoms with Gasteiger partial charge in [0, 0.05) is 17.4 Å². The van der Waals surface area contributed by atoms with Crippen LogP contribution in [0.3, 0.4) is 0 Å². The zero-order valence-electron chi connectivity index (χ0n) is 16.1. The number of nitrogens with one attached hydrogen (secondary N) is 2. The highest BCUT2D eigenvalue weighted by atomic mass is 32.1. The predicted molar refractivity (Wildman–Crippen MR) is 114 cm³/mol. The van der Waals surface area contributed by atoms with Crippen LogP contribution in [0.5, 0.6) is 5.75 Å². The van der Waals surface area contributed by atoms with Crippen LogP contribution in [0, 0.1) is 6.92 Å². The van der Waals surface area contributed by atoms with Crippen molar-refractivity contribution in [2.24, 2.45) is 0 Å². The Balaban J connectivity index is 1.67. The number of benzene rings is 1. The molecule has 0 saturated carbocycles. The quantitative estimate of drug-likeness (QED) is 0.481. The third kappa shape index (κ3) is 5.39. The Labute approximate surface area is 179 Å². The number of methoxy groups -OCH3 is 1. The van der Waals surface area contributed by atoms with E-state index in [9.17, 15) is 14.4 Å². The van der Waals surface area contributed by atoms with Gasteiger partial charge in [0.25, 0.3) is 5.91 Å². The monoisotopic (exact) mass is 446 g/mol. The van der Waals surface area contributed by atoms with Crippen molar-refractivity contribution in [1.82, 2.24) is 9.97 Å². The third-order valence-electron chi connectivity index (χ3n) is 3.92. The molecule has 0 saturated heterocycles. The Morgan fingerprint density at radius 3 is 2.47 bits per heavy atom. The number of aromatic nitrogens is 2. The molecule has 0 spiro atoms. The van der Waals surface area contributed by atoms with Crippen molar-refractivity contribution in [3.8, 4) is 16.3 Å². The number of carboxylic acid groups (broad SMARTS) is 1. The van der Waals surface area contributed by atoms with E-state index >= 15 is 0 Å². The Kier molecular flexibility index (Phi) is 6.75. The average Bonchev–Trinajstić information content (AvgIpc) is 3.32. The molecule has 1 aromatic carbocycles. The van der Waals surface area contributed by atoms with E-state index in [1.54, 1.807) is 43.7 Å². The molecule has 0 aliphatic heterocycles. The van der Waals surface area contributed by atoms with Crippen molar-refractivity contribution in [2.45, 2.75) is 19.8 Å². The summed E-state index contributed by atoms with van der Waals surface area (Å²) in [6, 6.07) is 6.73. The summed E-state index contributed by atoms with van der Waals surface area (Å²) in [5, 5.41) is 16.6. The van der Waals surface area contributed by atoms with E-state index < -0.39 is 11.9 Å². The van der Waals surface area contributed by atoms with E-state index in [0.717, 1.165) is 4.88 Å². The lowest BCUT2D eigenvalue weighted by Crippen LogP contribution is -2.12. The summed E-state index contributed by atoms with van der Waals surface area (Å²) in [6.45, 7) is 1.80. The molecule has 0 unspecified atom stereocenters. The number of ether oxygens (including phenoxy) is 1. The molecule has 2 aromatic heterocycles. The first kappa shape index (κ1) is 21.4. The Hall–Kier alpha value is -3.31. The van der Waals surface area contributed by atoms with Crippen LogP contribution in [-0.4, -0.2) is 40.0 Å². The first-order valence-electron chi connectivity index (χ1n) is 8.76. The SMILES string of the molecule is COc1ccc(C(=O)Nc2nc(C)c(-c3csc(NC(=O)CCC(=O)O)n3)s2)cc1. The second-order valence-corrected chi connectivity index (χ2v) is 7.95. The van der Waals surface area contributed by atoms with Crippen LogP contribution in [0.2, 0.25) is 0 Å². The molecule has 0 bridgehead atoms. The minimum atomic E-state index is -1.03. The predicted octanol–water partition coefficient (Wildman–Crippen LogP) is 3.64. The minimum Gasteiger partial charge on any atom is -0.497 e. The fraction of sp³-hybridized carbons (Fsp3) is 0.211. The van der Waals surface area contributed by atoms with Gasteiger partial charge >= 0.3 is 5.97 Å². The first-order chi connectivity index (χ1) is 14.4. The van der Waals surface area contributed by atoms with Gasteiger partial charge in [0.05, 0.1) is 29.8 Å². The second-order valence-electron chi connectivity index (χ2n) is 6.10. The maximum absolute atomic E-state index is 12.4. The fourth-order valence-electron chi connectivity index (χ4n) is 2.44. The van der Waals surface area contributed by atoms with Gasteiger partial charge in [0.2, 0.25) is 5.91 Å². The van der Waals surface area contributed by atoms with Gasteiger partial charge in [-0.2, -0.15) is 0 Å². The lowest BCUT2D eigenvalue weighted by molar-refractivity contribution is -0.138. The van der Waals surface area contributed by atoms with Crippen LogP contribution in [-0.2, 0) is 9.59 Å². The Morgan fingerprint density at radius 1 is 1.07 bits per heavy atom. The van der Waals surface area contributed by atoms with Gasteiger partial charge in [0.15, 0.2) is 10.3 Å². The number of anilines is 2. The molecule has 3 aromatic rings. The van der Waals surface area contributed by atoms with Gasteiger partial charge in [-0.3, -0.25) is 19.7 Å². The molecule has 0 aliphatic carbocycles. The summed E-state index contributed by atoms with van der Waals surface area (Å²) >= 11 is 2.50. The summed E-state index contributed by atoms with van der Waals surface area (Å²) in [6.07, 6.45) is -0.360. The smallest absolute Gasteiger partial charge is 0.303 e. The van der Waals surface area contributed by atoms with Gasteiger partial charge < -0.3 is 15.2 Å². The van der Waals surface area contributed by atoms with Gasteiger partial charge in [0.1, 0.15) is 5.75 Å². The lowest BCUT2D eigenvalue weighted by Gasteiger charge is -2.03. The van der Waals surface area contributed by atoms with Crippen LogP contribution in [0.15, 0.2) is 29.6 Å². The number of aryl methyl sites for hydroxylation is 1. The normalized spacial score (nSPS) is 10.5. The molecule has 2 heterocycles. The molecule has 2 amide bonds. The number of thiazole rings is 2. The van der Waals surface area contributed by atoms with Crippen molar-refractivity contribution in [3.63, 3.8) is 0 Å². The molecular formula is C19H18N4O5S2. The highest BCUT2D eigenvalue weighted by Crippen LogP contribution is 2.34. The first-order valence-corrected chi connectivity index (χ1v) is 10.5. The molecule has 9 nitrogen and oxygen atoms in total. The zero-order chi connectivity index (χ0) is 21.7. The van der Waals surface area contributed by atoms with Crippen LogP contribution in [0.4, 0.5) is 10.3 Å². The van der Waals surface area contributed by atoms with E-state index in [0.29, 0.717) is 33.0 Å². The molecule has 11 heteroatoms. The van der Waals surface area contributed by atoms with Gasteiger partial charge in [-0.25, -0.2) is 9.97 Å². The highest BCUT2D eigenvalue weighted by Gasteiger charge is 2.16. The van der Waals surface area contributed by atoms with Crippen molar-refractivity contribution >= 4 is 50.7 Å². The second kappa shape index (κ2) is 9.46. The molecule has 3 N–H and O–H groups in total. The molecule has 30 heavy (non-hydrogen) atoms. The summed E-state index contributed by atoms with van der Waals surface area (Å²) < 4.78 is 5.08. The van der Waals surface area contributed by atoms with E-state index in [2.05, 4.69) is 20.6 Å². The lowest BCUT2D eigenvalue weighted by atomic mass is 10.2. The number of carbonyl (C=O) groups is 3. The van der Waals surface area contributed by atoms with Crippen molar-refractivity contribution in [1.29, 1.82) is 0 Å². The molecule has 156 valence electrons. The number of carbonyl (C=O) groups excluding carboxylic acids is 2. The van der Waals surface area contributed by atoms with E-state index in [4.69, 9.17) is 9.84 Å². The molecule has 0 fully saturated rings. The summed E-state index contributed by atoms with van der Waals surface area (Å²) in [5.74, 6) is -1.07. The van der Waals surface area contributed by atoms with Crippen molar-refractivity contribution in [3.05, 3.63) is 40.9 Å². The van der Waals surface area contributed by atoms with E-state index in [1.165, 1.54) is 22.7 Å². The average molecular weight is 447 g/mol. The maximum Gasteiger partial charge on any atom is 0.303 e. The van der Waals surface area contributed by atoms with Crippen LogP contribution in [0.1, 0.15) is 28.9 Å². The largest absolute Gasteiger partial charge is 0.497 e. The van der Waals surface area contributed by atoms with Crippen LogP contribution >= 0.6 is 22.7 Å². The molecule has 0 atom stereocenters. The molecular weight excluding hydrogens is 428 g/mol. The van der Waals surface area contributed by atoms with Gasteiger partial charge in [-0.1, -0.05) is 11.3 Å². The van der Waals surface area contributed by atoms with Crippen LogP contribution in [0.25, 0.3) is 10.6 Å². The molecule has 3 rings (SSSR count). The van der Waals surface area contributed by atoms with Crippen LogP contribution < -0.4 is 15.4 Å². The third-order valence-corrected chi connectivity index (χ3v) is 5.77. The summed E-state index contributed by atoms with van der Waals surface area (Å²) in [4.78, 5) is 44.2. The highest BCUT2D eigenvalue weighted by molar-refractivity contribution is 7.20. The van der Waals surface area contributed by atoms with E-state index in [1.807, 2.05) is 0 Å². The summed E-state index contributed by atoms with van der Waals surface area (Å²) in [5.41, 5.74) is 1.79. The summed E-state index contributed by atoms with van der Waals surface area (Å²) in [7, 11) is 1.56. The number of rotatable bonds is 8.